The van der Waals surface area contributed by atoms with Gasteiger partial charge in [-0.25, -0.2) is 9.37 Å². The number of hydrogen-bond donors (Lipinski definition) is 3. The van der Waals surface area contributed by atoms with Crippen LogP contribution in [0.5, 0.6) is 0 Å². The van der Waals surface area contributed by atoms with Crippen LogP contribution in [0, 0.1) is 5.82 Å². The number of pyridine rings is 1. The monoisotopic (exact) mass is 540 g/mol. The summed E-state index contributed by atoms with van der Waals surface area (Å²) in [6.07, 6.45) is 5.01. The van der Waals surface area contributed by atoms with Gasteiger partial charge in [-0.1, -0.05) is 17.7 Å². The molecule has 3 aromatic rings. The Hall–Kier alpha value is -3.73. The van der Waals surface area contributed by atoms with Gasteiger partial charge in [-0.3, -0.25) is 9.79 Å². The molecule has 4 N–H and O–H groups in total. The second kappa shape index (κ2) is 11.8. The molecule has 0 saturated carbocycles. The molecule has 4 rings (SSSR count). The molecule has 38 heavy (non-hydrogen) atoms. The summed E-state index contributed by atoms with van der Waals surface area (Å²) in [4.78, 5) is 23.7. The highest BCUT2D eigenvalue weighted by Gasteiger charge is 2.34. The molecule has 1 atom stereocenters. The Kier molecular flexibility index (Phi) is 8.45. The first-order chi connectivity index (χ1) is 18.2. The average Bonchev–Trinajstić information content (AvgIpc) is 3.31. The molecule has 11 heteroatoms. The van der Waals surface area contributed by atoms with E-state index >= 15 is 0 Å². The zero-order valence-electron chi connectivity index (χ0n) is 21.4. The number of aromatic nitrogens is 2. The number of ether oxygens (including phenoxy) is 1. The summed E-state index contributed by atoms with van der Waals surface area (Å²) in [6.45, 7) is 2.40. The number of amides is 1. The van der Waals surface area contributed by atoms with Gasteiger partial charge in [0.15, 0.2) is 0 Å². The number of anilines is 1. The maximum absolute atomic E-state index is 14.0. The van der Waals surface area contributed by atoms with Crippen LogP contribution in [0.4, 0.5) is 10.2 Å². The van der Waals surface area contributed by atoms with Gasteiger partial charge < -0.3 is 30.4 Å². The number of rotatable bonds is 9. The fourth-order valence-electron chi connectivity index (χ4n) is 4.47. The zero-order valence-corrected chi connectivity index (χ0v) is 22.2. The van der Waals surface area contributed by atoms with Gasteiger partial charge in [0, 0.05) is 62.7 Å². The first-order valence-electron chi connectivity index (χ1n) is 11.9. The van der Waals surface area contributed by atoms with Crippen LogP contribution in [-0.4, -0.2) is 58.5 Å². The normalized spacial score (nSPS) is 16.1. The minimum Gasteiger partial charge on any atom is -0.401 e. The molecule has 1 amide bonds. The standard InChI is InChI=1S/C27H30ClFN6O3/c1-16(30)24(10-31-2)33-26-8-22(23(28)9-32-26)19-7-25-27(37)35(21(15-38-3)13-34(25)11-19)12-18-6-20(29)5-4-17(18)14-36/h4-11,21,36H,12-15,30H2,1-3H3,(H,32,33)/t21-/m1/s1. The number of aliphatic hydroxyl groups is 1. The van der Waals surface area contributed by atoms with E-state index in [1.165, 1.54) is 24.4 Å². The predicted octanol–water partition coefficient (Wildman–Crippen LogP) is 3.81. The van der Waals surface area contributed by atoms with E-state index in [0.717, 1.165) is 5.56 Å². The number of aliphatic hydroxyl groups excluding tert-OH is 1. The van der Waals surface area contributed by atoms with E-state index in [1.807, 2.05) is 10.8 Å². The van der Waals surface area contributed by atoms with E-state index in [2.05, 4.69) is 15.3 Å². The van der Waals surface area contributed by atoms with Gasteiger partial charge in [-0.15, -0.1) is 0 Å². The molecule has 3 heterocycles. The van der Waals surface area contributed by atoms with Crippen LogP contribution in [0.2, 0.25) is 5.02 Å². The van der Waals surface area contributed by atoms with Crippen molar-refractivity contribution in [1.82, 2.24) is 14.5 Å². The number of nitrogens with one attached hydrogen (secondary N) is 1. The molecule has 200 valence electrons. The van der Waals surface area contributed by atoms with Crippen molar-refractivity contribution in [2.75, 3.05) is 26.1 Å². The van der Waals surface area contributed by atoms with Crippen LogP contribution in [-0.2, 0) is 24.4 Å². The first kappa shape index (κ1) is 27.3. The summed E-state index contributed by atoms with van der Waals surface area (Å²) in [6, 6.07) is 7.44. The van der Waals surface area contributed by atoms with Crippen molar-refractivity contribution in [2.45, 2.75) is 32.7 Å². The lowest BCUT2D eigenvalue weighted by molar-refractivity contribution is 0.0386. The molecule has 9 nitrogen and oxygen atoms in total. The van der Waals surface area contributed by atoms with Crippen LogP contribution >= 0.6 is 11.6 Å². The quantitative estimate of drug-likeness (QED) is 0.355. The Morgan fingerprint density at radius 1 is 1.37 bits per heavy atom. The molecule has 1 aromatic carbocycles. The minimum atomic E-state index is -0.430. The number of halogens is 2. The van der Waals surface area contributed by atoms with E-state index in [9.17, 15) is 14.3 Å². The SMILES string of the molecule is CN=CC(Nc1cc(-c2cc3n(c2)C[C@H](COC)N(Cc2cc(F)ccc2CO)C3=O)c(Cl)cn1)=C(C)N. The smallest absolute Gasteiger partial charge is 0.271 e. The molecule has 0 saturated heterocycles. The van der Waals surface area contributed by atoms with Crippen LogP contribution in [0.3, 0.4) is 0 Å². The molecule has 0 fully saturated rings. The molecule has 0 radical (unpaired) electrons. The van der Waals surface area contributed by atoms with Crippen LogP contribution < -0.4 is 11.1 Å². The Morgan fingerprint density at radius 3 is 2.84 bits per heavy atom. The fraction of sp³-hybridized carbons (Fsp3) is 0.296. The van der Waals surface area contributed by atoms with Gasteiger partial charge in [0.2, 0.25) is 0 Å². The van der Waals surface area contributed by atoms with Gasteiger partial charge in [0.1, 0.15) is 17.3 Å². The highest BCUT2D eigenvalue weighted by molar-refractivity contribution is 6.33. The Labute approximate surface area is 225 Å². The Balaban J connectivity index is 1.69. The summed E-state index contributed by atoms with van der Waals surface area (Å²) in [5.41, 5.74) is 10.1. The summed E-state index contributed by atoms with van der Waals surface area (Å²) in [7, 11) is 3.22. The summed E-state index contributed by atoms with van der Waals surface area (Å²) >= 11 is 6.52. The van der Waals surface area contributed by atoms with Crippen LogP contribution in [0.15, 0.2) is 59.1 Å². The van der Waals surface area contributed by atoms with E-state index in [4.69, 9.17) is 22.1 Å². The van der Waals surface area contributed by atoms with Gasteiger partial charge in [0.25, 0.3) is 5.91 Å². The summed E-state index contributed by atoms with van der Waals surface area (Å²) in [5, 5.41) is 13.3. The van der Waals surface area contributed by atoms with Crippen LogP contribution in [0.1, 0.15) is 28.5 Å². The number of hydrogen-bond acceptors (Lipinski definition) is 7. The third-order valence-electron chi connectivity index (χ3n) is 6.38. The maximum atomic E-state index is 14.0. The number of methoxy groups -OCH3 is 1. The van der Waals surface area contributed by atoms with Crippen molar-refractivity contribution in [3.8, 4) is 11.1 Å². The van der Waals surface area contributed by atoms with Gasteiger partial charge in [-0.05, 0) is 42.3 Å². The lowest BCUT2D eigenvalue weighted by Gasteiger charge is -2.36. The number of carbonyl (C=O) groups is 1. The van der Waals surface area contributed by atoms with Gasteiger partial charge >= 0.3 is 0 Å². The first-order valence-corrected chi connectivity index (χ1v) is 12.3. The number of fused-ring (bicyclic) bond motifs is 1. The van der Waals surface area contributed by atoms with Crippen molar-refractivity contribution in [2.24, 2.45) is 10.7 Å². The van der Waals surface area contributed by atoms with Crippen molar-refractivity contribution >= 4 is 29.5 Å². The largest absolute Gasteiger partial charge is 0.401 e. The summed E-state index contributed by atoms with van der Waals surface area (Å²) in [5.74, 6) is -0.147. The number of benzene rings is 1. The van der Waals surface area contributed by atoms with Crippen molar-refractivity contribution < 1.29 is 19.0 Å². The third kappa shape index (κ3) is 5.72. The topological polar surface area (TPSA) is 118 Å². The molecule has 0 bridgehead atoms. The molecule has 2 aromatic heterocycles. The second-order valence-electron chi connectivity index (χ2n) is 9.04. The minimum absolute atomic E-state index is 0.137. The Morgan fingerprint density at radius 2 is 2.16 bits per heavy atom. The highest BCUT2D eigenvalue weighted by atomic mass is 35.5. The summed E-state index contributed by atoms with van der Waals surface area (Å²) < 4.78 is 21.3. The van der Waals surface area contributed by atoms with E-state index in [0.29, 0.717) is 57.8 Å². The molecule has 1 aliphatic heterocycles. The number of aliphatic imine (C=N–C) groups is 1. The molecular formula is C27H30ClFN6O3. The lowest BCUT2D eigenvalue weighted by atomic mass is 10.0. The zero-order chi connectivity index (χ0) is 27.4. The van der Waals surface area contributed by atoms with Crippen LogP contribution in [0.25, 0.3) is 11.1 Å². The lowest BCUT2D eigenvalue weighted by Crippen LogP contribution is -2.49. The molecular weight excluding hydrogens is 511 g/mol. The molecule has 0 aliphatic carbocycles. The fourth-order valence-corrected chi connectivity index (χ4v) is 4.68. The van der Waals surface area contributed by atoms with Gasteiger partial charge in [-0.2, -0.15) is 0 Å². The number of nitrogens with two attached hydrogens (primary N) is 1. The van der Waals surface area contributed by atoms with Gasteiger partial charge in [0.05, 0.1) is 30.0 Å². The number of allylic oxidation sites excluding steroid dienone is 2. The predicted molar refractivity (Wildman–Crippen MR) is 145 cm³/mol. The maximum Gasteiger partial charge on any atom is 0.271 e. The number of carbonyl (C=O) groups excluding carboxylic acids is 1. The Bertz CT molecular complexity index is 1400. The second-order valence-corrected chi connectivity index (χ2v) is 9.45. The van der Waals surface area contributed by atoms with Crippen molar-refractivity contribution in [3.63, 3.8) is 0 Å². The van der Waals surface area contributed by atoms with E-state index < -0.39 is 5.82 Å². The molecule has 1 aliphatic rings. The molecule has 0 spiro atoms. The van der Waals surface area contributed by atoms with Crippen molar-refractivity contribution in [3.05, 3.63) is 81.8 Å². The van der Waals surface area contributed by atoms with E-state index in [-0.39, 0.29) is 25.1 Å². The highest BCUT2D eigenvalue weighted by Crippen LogP contribution is 2.33. The third-order valence-corrected chi connectivity index (χ3v) is 6.68. The number of nitrogens with zero attached hydrogens (tertiary/aromatic N) is 4. The van der Waals surface area contributed by atoms with Crippen molar-refractivity contribution in [1.29, 1.82) is 0 Å². The van der Waals surface area contributed by atoms with E-state index in [1.54, 1.807) is 44.3 Å². The molecule has 0 unspecified atom stereocenters. The average molecular weight is 541 g/mol.